The number of nitrogens with zero attached hydrogens (tertiary/aromatic N) is 2. The zero-order valence-electron chi connectivity index (χ0n) is 9.64. The van der Waals surface area contributed by atoms with Crippen LogP contribution < -0.4 is 5.73 Å². The summed E-state index contributed by atoms with van der Waals surface area (Å²) in [4.78, 5) is 2.31. The van der Waals surface area contributed by atoms with E-state index in [1.807, 2.05) is 0 Å². The average Bonchev–Trinajstić information content (AvgIpc) is 2.52. The summed E-state index contributed by atoms with van der Waals surface area (Å²) in [6, 6.07) is 0.552. The Labute approximate surface area is 96.2 Å². The summed E-state index contributed by atoms with van der Waals surface area (Å²) >= 11 is 0. The van der Waals surface area contributed by atoms with Crippen LogP contribution in [0.15, 0.2) is 5.16 Å². The minimum absolute atomic E-state index is 0.297. The summed E-state index contributed by atoms with van der Waals surface area (Å²) < 4.78 is 5.62. The van der Waals surface area contributed by atoms with E-state index in [0.29, 0.717) is 24.3 Å². The Morgan fingerprint density at radius 1 is 1.44 bits per heavy atom. The van der Waals surface area contributed by atoms with Crippen molar-refractivity contribution < 1.29 is 9.94 Å². The molecule has 16 heavy (non-hydrogen) atoms. The van der Waals surface area contributed by atoms with E-state index in [-0.39, 0.29) is 0 Å². The lowest BCUT2D eigenvalue weighted by molar-refractivity contribution is 0.0970. The maximum Gasteiger partial charge on any atom is 0.153 e. The number of nitrogens with two attached hydrogens (primary N) is 1. The highest BCUT2D eigenvalue weighted by Crippen LogP contribution is 2.30. The molecule has 0 aromatic rings. The Kier molecular flexibility index (Phi) is 4.01. The lowest BCUT2D eigenvalue weighted by Gasteiger charge is -2.37. The van der Waals surface area contributed by atoms with Crippen LogP contribution in [0.4, 0.5) is 0 Å². The number of amidine groups is 1. The molecule has 92 valence electrons. The van der Waals surface area contributed by atoms with Crippen LogP contribution in [-0.2, 0) is 4.74 Å². The lowest BCUT2D eigenvalue weighted by atomic mass is 9.84. The van der Waals surface area contributed by atoms with Crippen molar-refractivity contribution in [3.63, 3.8) is 0 Å². The monoisotopic (exact) mass is 227 g/mol. The van der Waals surface area contributed by atoms with E-state index >= 15 is 0 Å². The molecule has 2 atom stereocenters. The number of fused-ring (bicyclic) bond motifs is 1. The first-order chi connectivity index (χ1) is 7.81. The van der Waals surface area contributed by atoms with Gasteiger partial charge in [-0.05, 0) is 18.8 Å². The second-order valence-corrected chi connectivity index (χ2v) is 4.75. The van der Waals surface area contributed by atoms with Gasteiger partial charge in [0.25, 0.3) is 0 Å². The van der Waals surface area contributed by atoms with E-state index in [0.717, 1.165) is 19.8 Å². The highest BCUT2D eigenvalue weighted by molar-refractivity contribution is 5.81. The zero-order chi connectivity index (χ0) is 11.4. The maximum atomic E-state index is 8.64. The van der Waals surface area contributed by atoms with Gasteiger partial charge in [0, 0.05) is 12.6 Å². The summed E-state index contributed by atoms with van der Waals surface area (Å²) in [5, 5.41) is 11.7. The Morgan fingerprint density at radius 3 is 3.06 bits per heavy atom. The van der Waals surface area contributed by atoms with Gasteiger partial charge in [0.05, 0.1) is 19.8 Å². The normalized spacial score (nSPS) is 33.1. The highest BCUT2D eigenvalue weighted by Gasteiger charge is 2.32. The van der Waals surface area contributed by atoms with Gasteiger partial charge in [0.15, 0.2) is 5.84 Å². The standard InChI is InChI=1S/C11H21N3O2/c12-11(13-15)7-14-5-6-16-8-9-3-1-2-4-10(9)14/h9-10,15H,1-8H2,(H2,12,13)/t9-,10+/m1/s1. The van der Waals surface area contributed by atoms with Crippen molar-refractivity contribution in [1.82, 2.24) is 4.90 Å². The van der Waals surface area contributed by atoms with Gasteiger partial charge < -0.3 is 15.7 Å². The minimum atomic E-state index is 0.297. The molecular weight excluding hydrogens is 206 g/mol. The Bertz CT molecular complexity index is 258. The lowest BCUT2D eigenvalue weighted by Crippen LogP contribution is -2.46. The molecule has 0 aromatic heterocycles. The zero-order valence-corrected chi connectivity index (χ0v) is 9.64. The van der Waals surface area contributed by atoms with E-state index in [9.17, 15) is 0 Å². The number of hydrogen-bond acceptors (Lipinski definition) is 4. The maximum absolute atomic E-state index is 8.64. The molecule has 0 radical (unpaired) electrons. The third-order valence-electron chi connectivity index (χ3n) is 3.69. The van der Waals surface area contributed by atoms with Crippen molar-refractivity contribution in [2.45, 2.75) is 31.7 Å². The second kappa shape index (κ2) is 5.50. The van der Waals surface area contributed by atoms with Crippen molar-refractivity contribution in [2.24, 2.45) is 16.8 Å². The van der Waals surface area contributed by atoms with Crippen molar-refractivity contribution >= 4 is 5.84 Å². The predicted molar refractivity (Wildman–Crippen MR) is 61.5 cm³/mol. The summed E-state index contributed by atoms with van der Waals surface area (Å²) in [5.41, 5.74) is 5.59. The molecule has 5 nitrogen and oxygen atoms in total. The molecule has 5 heteroatoms. The Morgan fingerprint density at radius 2 is 2.25 bits per heavy atom. The topological polar surface area (TPSA) is 71.1 Å². The summed E-state index contributed by atoms with van der Waals surface area (Å²) in [6.07, 6.45) is 5.06. The molecule has 0 aromatic carbocycles. The van der Waals surface area contributed by atoms with Gasteiger partial charge in [-0.1, -0.05) is 18.0 Å². The van der Waals surface area contributed by atoms with E-state index in [2.05, 4.69) is 10.1 Å². The molecule has 2 aliphatic rings. The van der Waals surface area contributed by atoms with Gasteiger partial charge in [-0.15, -0.1) is 0 Å². The van der Waals surface area contributed by atoms with Crippen LogP contribution in [-0.4, -0.2) is 48.3 Å². The van der Waals surface area contributed by atoms with Gasteiger partial charge in [0.1, 0.15) is 0 Å². The molecule has 1 heterocycles. The summed E-state index contributed by atoms with van der Waals surface area (Å²) in [6.45, 7) is 3.07. The first kappa shape index (κ1) is 11.7. The van der Waals surface area contributed by atoms with Crippen LogP contribution in [0.3, 0.4) is 0 Å². The number of ether oxygens (including phenoxy) is 1. The largest absolute Gasteiger partial charge is 0.409 e. The van der Waals surface area contributed by atoms with Crippen LogP contribution >= 0.6 is 0 Å². The third-order valence-corrected chi connectivity index (χ3v) is 3.69. The Hall–Kier alpha value is -0.810. The molecule has 2 fully saturated rings. The summed E-state index contributed by atoms with van der Waals surface area (Å²) in [7, 11) is 0. The minimum Gasteiger partial charge on any atom is -0.409 e. The van der Waals surface area contributed by atoms with Crippen LogP contribution in [0.25, 0.3) is 0 Å². The van der Waals surface area contributed by atoms with Gasteiger partial charge >= 0.3 is 0 Å². The Balaban J connectivity index is 2.02. The number of rotatable bonds is 2. The molecule has 0 amide bonds. The van der Waals surface area contributed by atoms with E-state index in [1.165, 1.54) is 25.7 Å². The van der Waals surface area contributed by atoms with Crippen LogP contribution in [0.2, 0.25) is 0 Å². The van der Waals surface area contributed by atoms with Gasteiger partial charge in [0.2, 0.25) is 0 Å². The third kappa shape index (κ3) is 2.65. The van der Waals surface area contributed by atoms with E-state index in [1.54, 1.807) is 0 Å². The fourth-order valence-electron chi connectivity index (χ4n) is 2.88. The number of hydrogen-bond donors (Lipinski definition) is 2. The highest BCUT2D eigenvalue weighted by atomic mass is 16.5. The smallest absolute Gasteiger partial charge is 0.153 e. The molecule has 0 spiro atoms. The van der Waals surface area contributed by atoms with Gasteiger partial charge in [-0.3, -0.25) is 4.90 Å². The fourth-order valence-corrected chi connectivity index (χ4v) is 2.88. The van der Waals surface area contributed by atoms with Crippen molar-refractivity contribution in [1.29, 1.82) is 0 Å². The van der Waals surface area contributed by atoms with Crippen LogP contribution in [0.5, 0.6) is 0 Å². The van der Waals surface area contributed by atoms with Crippen molar-refractivity contribution in [2.75, 3.05) is 26.3 Å². The predicted octanol–water partition coefficient (Wildman–Crippen LogP) is 0.624. The molecule has 3 N–H and O–H groups in total. The molecule has 1 aliphatic carbocycles. The first-order valence-electron chi connectivity index (χ1n) is 6.09. The summed E-state index contributed by atoms with van der Waals surface area (Å²) in [5.74, 6) is 0.925. The molecule has 2 rings (SSSR count). The molecule has 1 saturated carbocycles. The molecule has 1 saturated heterocycles. The average molecular weight is 227 g/mol. The first-order valence-corrected chi connectivity index (χ1v) is 6.09. The molecule has 1 aliphatic heterocycles. The molecular formula is C11H21N3O2. The van der Waals surface area contributed by atoms with Crippen molar-refractivity contribution in [3.8, 4) is 0 Å². The van der Waals surface area contributed by atoms with E-state index < -0.39 is 0 Å². The SMILES string of the molecule is NC(CN1CCOC[C@H]2CCCC[C@@H]21)=NO. The van der Waals surface area contributed by atoms with Gasteiger partial charge in [-0.2, -0.15) is 0 Å². The van der Waals surface area contributed by atoms with E-state index in [4.69, 9.17) is 15.7 Å². The second-order valence-electron chi connectivity index (χ2n) is 4.75. The van der Waals surface area contributed by atoms with Crippen LogP contribution in [0, 0.1) is 5.92 Å². The van der Waals surface area contributed by atoms with Gasteiger partial charge in [-0.25, -0.2) is 0 Å². The van der Waals surface area contributed by atoms with Crippen LogP contribution in [0.1, 0.15) is 25.7 Å². The molecule has 0 unspecified atom stereocenters. The molecule has 0 bridgehead atoms. The number of oxime groups is 1. The fraction of sp³-hybridized carbons (Fsp3) is 0.909. The quantitative estimate of drug-likeness (QED) is 0.314. The van der Waals surface area contributed by atoms with Crippen molar-refractivity contribution in [3.05, 3.63) is 0 Å².